The molecule has 3 aromatic heterocycles. The number of likely N-dealkylation sites (tertiary alicyclic amines) is 1. The summed E-state index contributed by atoms with van der Waals surface area (Å²) in [4.78, 5) is 41.4. The lowest BCUT2D eigenvalue weighted by atomic mass is 9.91. The minimum atomic E-state index is -1.05. The molecule has 1 saturated heterocycles. The fourth-order valence-electron chi connectivity index (χ4n) is 5.50. The molecule has 0 bridgehead atoms. The van der Waals surface area contributed by atoms with Crippen molar-refractivity contribution in [3.63, 3.8) is 0 Å². The summed E-state index contributed by atoms with van der Waals surface area (Å²) in [6.07, 6.45) is 4.41. The van der Waals surface area contributed by atoms with Crippen molar-refractivity contribution in [3.8, 4) is 0 Å². The van der Waals surface area contributed by atoms with Gasteiger partial charge in [-0.3, -0.25) is 18.8 Å². The summed E-state index contributed by atoms with van der Waals surface area (Å²) >= 11 is 0. The number of hydrogen-bond acceptors (Lipinski definition) is 7. The van der Waals surface area contributed by atoms with Gasteiger partial charge in [-0.25, -0.2) is 9.37 Å². The van der Waals surface area contributed by atoms with Crippen LogP contribution in [0.25, 0.3) is 16.6 Å². The van der Waals surface area contributed by atoms with Crippen LogP contribution in [0.15, 0.2) is 76.2 Å². The van der Waals surface area contributed by atoms with Crippen LogP contribution >= 0.6 is 0 Å². The molecule has 2 N–H and O–H groups in total. The summed E-state index contributed by atoms with van der Waals surface area (Å²) < 4.78 is 20.4. The maximum Gasteiger partial charge on any atom is 0.322 e. The van der Waals surface area contributed by atoms with Gasteiger partial charge in [-0.2, -0.15) is 0 Å². The summed E-state index contributed by atoms with van der Waals surface area (Å²) in [6, 6.07) is 16.9. The molecule has 44 heavy (non-hydrogen) atoms. The van der Waals surface area contributed by atoms with E-state index in [9.17, 15) is 18.8 Å². The van der Waals surface area contributed by atoms with Gasteiger partial charge in [0.2, 0.25) is 0 Å². The number of benzene rings is 2. The average molecular weight is 600 g/mol. The van der Waals surface area contributed by atoms with Crippen LogP contribution in [-0.4, -0.2) is 62.6 Å². The summed E-state index contributed by atoms with van der Waals surface area (Å²) in [5.41, 5.74) is 5.26. The number of pyridine rings is 1. The third-order valence-corrected chi connectivity index (χ3v) is 7.90. The van der Waals surface area contributed by atoms with Gasteiger partial charge in [0.05, 0.1) is 5.69 Å². The Balaban J connectivity index is 0.000000249. The molecule has 1 aliphatic rings. The second kappa shape index (κ2) is 13.6. The Labute approximate surface area is 253 Å². The lowest BCUT2D eigenvalue weighted by Crippen LogP contribution is -2.35. The molecule has 0 radical (unpaired) electrons. The van der Waals surface area contributed by atoms with Crippen LogP contribution in [0.2, 0.25) is 0 Å². The quantitative estimate of drug-likeness (QED) is 0.280. The summed E-state index contributed by atoms with van der Waals surface area (Å²) in [7, 11) is 0. The van der Waals surface area contributed by atoms with E-state index in [1.54, 1.807) is 47.0 Å². The highest BCUT2D eigenvalue weighted by Crippen LogP contribution is 2.32. The van der Waals surface area contributed by atoms with Gasteiger partial charge in [-0.05, 0) is 82.1 Å². The molecular weight excluding hydrogens is 565 g/mol. The van der Waals surface area contributed by atoms with E-state index in [0.29, 0.717) is 23.5 Å². The normalized spacial score (nSPS) is 13.9. The number of nitrogens with one attached hydrogen (secondary N) is 1. The zero-order chi connectivity index (χ0) is 31.2. The molecule has 10 nitrogen and oxygen atoms in total. The van der Waals surface area contributed by atoms with Crippen molar-refractivity contribution >= 4 is 28.5 Å². The van der Waals surface area contributed by atoms with Gasteiger partial charge < -0.3 is 19.8 Å². The van der Waals surface area contributed by atoms with E-state index in [-0.39, 0.29) is 23.8 Å². The largest absolute Gasteiger partial charge is 0.480 e. The van der Waals surface area contributed by atoms with Crippen molar-refractivity contribution in [3.05, 3.63) is 111 Å². The lowest BCUT2D eigenvalue weighted by Gasteiger charge is -2.31. The zero-order valence-electron chi connectivity index (χ0n) is 24.6. The first-order valence-electron chi connectivity index (χ1n) is 14.5. The Morgan fingerprint density at radius 2 is 1.82 bits per heavy atom. The smallest absolute Gasteiger partial charge is 0.322 e. The molecular formula is C33H34FN5O5. The van der Waals surface area contributed by atoms with Gasteiger partial charge in [0.15, 0.2) is 5.58 Å². The highest BCUT2D eigenvalue weighted by molar-refractivity contribution is 5.95. The van der Waals surface area contributed by atoms with E-state index in [4.69, 9.17) is 9.63 Å². The van der Waals surface area contributed by atoms with E-state index >= 15 is 0 Å². The second-order valence-electron chi connectivity index (χ2n) is 10.9. The molecule has 0 unspecified atom stereocenters. The van der Waals surface area contributed by atoms with Crippen molar-refractivity contribution in [1.29, 1.82) is 0 Å². The van der Waals surface area contributed by atoms with E-state index in [1.165, 1.54) is 12.1 Å². The van der Waals surface area contributed by atoms with Crippen LogP contribution in [-0.2, 0) is 11.2 Å². The molecule has 228 valence electrons. The van der Waals surface area contributed by atoms with Crippen molar-refractivity contribution in [1.82, 2.24) is 24.8 Å². The molecule has 0 atom stereocenters. The van der Waals surface area contributed by atoms with Gasteiger partial charge in [0.1, 0.15) is 18.0 Å². The maximum atomic E-state index is 13.4. The Morgan fingerprint density at radius 3 is 2.55 bits per heavy atom. The molecule has 5 aromatic rings. The van der Waals surface area contributed by atoms with Gasteiger partial charge in [0, 0.05) is 46.9 Å². The summed E-state index contributed by atoms with van der Waals surface area (Å²) in [6.45, 7) is 6.23. The molecule has 1 aliphatic heterocycles. The Hall–Kier alpha value is -4.90. The number of piperidine rings is 1. The fraction of sp³-hybridized carbons (Fsp3) is 0.303. The maximum absolute atomic E-state index is 13.4. The zero-order valence-corrected chi connectivity index (χ0v) is 24.6. The van der Waals surface area contributed by atoms with Crippen LogP contribution in [0.3, 0.4) is 0 Å². The number of carboxylic acids is 1. The first-order chi connectivity index (χ1) is 21.2. The van der Waals surface area contributed by atoms with Gasteiger partial charge in [-0.1, -0.05) is 29.4 Å². The molecule has 1 amide bonds. The van der Waals surface area contributed by atoms with Crippen LogP contribution in [0.1, 0.15) is 51.6 Å². The van der Waals surface area contributed by atoms with Gasteiger partial charge in [0.25, 0.3) is 11.5 Å². The molecule has 4 heterocycles. The number of aryl methyl sites for hydroxylation is 2. The monoisotopic (exact) mass is 599 g/mol. The topological polar surface area (TPSA) is 130 Å². The van der Waals surface area contributed by atoms with Crippen molar-refractivity contribution < 1.29 is 23.6 Å². The molecule has 1 fully saturated rings. The number of nitrogens with zero attached hydrogens (tertiary/aromatic N) is 4. The number of aliphatic carboxylic acids is 1. The van der Waals surface area contributed by atoms with Crippen molar-refractivity contribution in [2.45, 2.75) is 39.0 Å². The van der Waals surface area contributed by atoms with Gasteiger partial charge >= 0.3 is 5.97 Å². The number of aromatic nitrogens is 3. The SMILES string of the molecule is Cc1nc2c(C)cccn2c(=O)c1CCN1CCC(c2noc3cc(F)ccc23)CC1.O=C(O)CNC(=O)c1ccccc1. The van der Waals surface area contributed by atoms with E-state index in [2.05, 4.69) is 20.4 Å². The number of carbonyl (C=O) groups is 2. The third-order valence-electron chi connectivity index (χ3n) is 7.90. The van der Waals surface area contributed by atoms with Crippen molar-refractivity contribution in [2.75, 3.05) is 26.2 Å². The molecule has 11 heteroatoms. The average Bonchev–Trinajstić information content (AvgIpc) is 3.44. The van der Waals surface area contributed by atoms with Crippen LogP contribution in [0.4, 0.5) is 4.39 Å². The molecule has 2 aromatic carbocycles. The van der Waals surface area contributed by atoms with E-state index in [1.807, 2.05) is 26.0 Å². The number of fused-ring (bicyclic) bond motifs is 2. The molecule has 6 rings (SSSR count). The van der Waals surface area contributed by atoms with Crippen LogP contribution in [0.5, 0.6) is 0 Å². The number of hydrogen-bond donors (Lipinski definition) is 2. The number of amides is 1. The highest BCUT2D eigenvalue weighted by atomic mass is 19.1. The Morgan fingerprint density at radius 1 is 1.07 bits per heavy atom. The Bertz CT molecular complexity index is 1840. The van der Waals surface area contributed by atoms with E-state index < -0.39 is 5.97 Å². The third kappa shape index (κ3) is 7.00. The number of carbonyl (C=O) groups excluding carboxylic acids is 1. The minimum absolute atomic E-state index is 0.0300. The van der Waals surface area contributed by atoms with Gasteiger partial charge in [-0.15, -0.1) is 0 Å². The number of rotatable bonds is 7. The summed E-state index contributed by atoms with van der Waals surface area (Å²) in [5.74, 6) is -1.43. The van der Waals surface area contributed by atoms with Crippen LogP contribution < -0.4 is 10.9 Å². The van der Waals surface area contributed by atoms with Crippen molar-refractivity contribution in [2.24, 2.45) is 0 Å². The second-order valence-corrected chi connectivity index (χ2v) is 10.9. The molecule has 0 spiro atoms. The first kappa shape index (κ1) is 30.6. The lowest BCUT2D eigenvalue weighted by molar-refractivity contribution is -0.135. The Kier molecular flexibility index (Phi) is 9.44. The molecule has 0 saturated carbocycles. The standard InChI is InChI=1S/C24H25FN4O2.C9H9NO3/c1-15-4-3-10-29-23(15)26-16(2)19(24(29)30)9-13-28-11-7-17(8-12-28)22-20-6-5-18(25)14-21(20)31-27-22;11-8(12)6-10-9(13)7-4-2-1-3-5-7/h3-6,10,14,17H,7-9,11-13H2,1-2H3;1-5H,6H2,(H,10,13)(H,11,12). The number of halogens is 1. The fourth-order valence-corrected chi connectivity index (χ4v) is 5.50. The highest BCUT2D eigenvalue weighted by Gasteiger charge is 2.25. The predicted octanol–water partition coefficient (Wildman–Crippen LogP) is 4.51. The van der Waals surface area contributed by atoms with E-state index in [0.717, 1.165) is 66.0 Å². The first-order valence-corrected chi connectivity index (χ1v) is 14.5. The predicted molar refractivity (Wildman–Crippen MR) is 163 cm³/mol. The minimum Gasteiger partial charge on any atom is -0.480 e. The molecule has 0 aliphatic carbocycles. The van der Waals surface area contributed by atoms with Crippen LogP contribution in [0, 0.1) is 19.7 Å². The summed E-state index contributed by atoms with van der Waals surface area (Å²) in [5, 5.41) is 15.7. The number of carboxylic acid groups (broad SMARTS) is 1.